The van der Waals surface area contributed by atoms with E-state index in [-0.39, 0.29) is 23.1 Å². The van der Waals surface area contributed by atoms with Gasteiger partial charge in [-0.3, -0.25) is 0 Å². The molecule has 0 spiro atoms. The fraction of sp³-hybridized carbons (Fsp3) is 0.647. The molecule has 0 radical (unpaired) electrons. The number of ether oxygens (including phenoxy) is 1. The van der Waals surface area contributed by atoms with Crippen molar-refractivity contribution in [3.8, 4) is 5.75 Å². The number of nitrogens with zero attached hydrogens (tertiary/aromatic N) is 1. The Hall–Kier alpha value is -1.13. The Morgan fingerprint density at radius 2 is 2.14 bits per heavy atom. The first-order valence-electron chi connectivity index (χ1n) is 7.52. The van der Waals surface area contributed by atoms with Crippen LogP contribution in [0.25, 0.3) is 0 Å². The molecule has 0 saturated heterocycles. The zero-order chi connectivity index (χ0) is 15.6. The molecule has 118 valence electrons. The highest BCUT2D eigenvalue weighted by atomic mass is 19.1. The predicted octanol–water partition coefficient (Wildman–Crippen LogP) is 3.06. The lowest BCUT2D eigenvalue weighted by atomic mass is 9.87. The minimum atomic E-state index is -0.328. The lowest BCUT2D eigenvalue weighted by molar-refractivity contribution is 0.0348. The zero-order valence-electron chi connectivity index (χ0n) is 13.4. The van der Waals surface area contributed by atoms with Crippen molar-refractivity contribution in [1.29, 1.82) is 0 Å². The molecule has 2 unspecified atom stereocenters. The standard InChI is InChI=1S/C17H26FNO2/c1-17(2)8-7-13(16(17)20)11-19(3)10-12-5-6-15(21-4)14(18)9-12/h5-6,9,13,16,20H,7-8,10-11H2,1-4H3. The summed E-state index contributed by atoms with van der Waals surface area (Å²) in [5.41, 5.74) is 0.931. The molecule has 0 heterocycles. The average Bonchev–Trinajstić information content (AvgIpc) is 2.66. The first-order valence-corrected chi connectivity index (χ1v) is 7.52. The van der Waals surface area contributed by atoms with Crippen LogP contribution in [0.15, 0.2) is 18.2 Å². The number of methoxy groups -OCH3 is 1. The Morgan fingerprint density at radius 3 is 2.67 bits per heavy atom. The Labute approximate surface area is 126 Å². The summed E-state index contributed by atoms with van der Waals surface area (Å²) in [6.07, 6.45) is 1.85. The Morgan fingerprint density at radius 1 is 1.43 bits per heavy atom. The molecule has 0 aromatic heterocycles. The molecular formula is C17H26FNO2. The molecule has 1 aromatic rings. The van der Waals surface area contributed by atoms with E-state index in [1.165, 1.54) is 13.2 Å². The molecule has 1 aliphatic rings. The van der Waals surface area contributed by atoms with Gasteiger partial charge in [0.25, 0.3) is 0 Å². The van der Waals surface area contributed by atoms with Crippen LogP contribution in [0.1, 0.15) is 32.3 Å². The number of rotatable bonds is 5. The molecular weight excluding hydrogens is 269 g/mol. The average molecular weight is 295 g/mol. The molecule has 1 aromatic carbocycles. The maximum atomic E-state index is 13.7. The summed E-state index contributed by atoms with van der Waals surface area (Å²) in [7, 11) is 3.48. The number of benzene rings is 1. The predicted molar refractivity (Wildman–Crippen MR) is 81.8 cm³/mol. The van der Waals surface area contributed by atoms with E-state index in [0.717, 1.165) is 24.9 Å². The highest BCUT2D eigenvalue weighted by molar-refractivity contribution is 5.29. The minimum absolute atomic E-state index is 0.0116. The van der Waals surface area contributed by atoms with Crippen LogP contribution < -0.4 is 4.74 Å². The quantitative estimate of drug-likeness (QED) is 0.906. The molecule has 2 rings (SSSR count). The third-order valence-corrected chi connectivity index (χ3v) is 4.62. The fourth-order valence-electron chi connectivity index (χ4n) is 3.28. The van der Waals surface area contributed by atoms with Gasteiger partial charge in [0.1, 0.15) is 0 Å². The van der Waals surface area contributed by atoms with Gasteiger partial charge in [-0.2, -0.15) is 0 Å². The molecule has 1 N–H and O–H groups in total. The van der Waals surface area contributed by atoms with Crippen LogP contribution in [0, 0.1) is 17.2 Å². The van der Waals surface area contributed by atoms with Gasteiger partial charge in [-0.25, -0.2) is 4.39 Å². The van der Waals surface area contributed by atoms with Crippen molar-refractivity contribution in [3.05, 3.63) is 29.6 Å². The van der Waals surface area contributed by atoms with Gasteiger partial charge in [0, 0.05) is 13.1 Å². The summed E-state index contributed by atoms with van der Waals surface area (Å²) in [6, 6.07) is 5.06. The Balaban J connectivity index is 1.93. The summed E-state index contributed by atoms with van der Waals surface area (Å²) in [4.78, 5) is 2.15. The van der Waals surface area contributed by atoms with Gasteiger partial charge < -0.3 is 14.7 Å². The monoisotopic (exact) mass is 295 g/mol. The van der Waals surface area contributed by atoms with Crippen molar-refractivity contribution in [3.63, 3.8) is 0 Å². The second kappa shape index (κ2) is 6.32. The number of halogens is 1. The minimum Gasteiger partial charge on any atom is -0.494 e. The summed E-state index contributed by atoms with van der Waals surface area (Å²) in [6.45, 7) is 5.75. The zero-order valence-corrected chi connectivity index (χ0v) is 13.4. The van der Waals surface area contributed by atoms with E-state index in [1.54, 1.807) is 6.07 Å². The van der Waals surface area contributed by atoms with Crippen molar-refractivity contribution in [2.24, 2.45) is 11.3 Å². The normalized spacial score (nSPS) is 24.5. The van der Waals surface area contributed by atoms with E-state index in [9.17, 15) is 9.50 Å². The van der Waals surface area contributed by atoms with E-state index in [2.05, 4.69) is 18.7 Å². The van der Waals surface area contributed by atoms with E-state index in [4.69, 9.17) is 4.74 Å². The van der Waals surface area contributed by atoms with E-state index < -0.39 is 0 Å². The van der Waals surface area contributed by atoms with E-state index in [1.807, 2.05) is 13.1 Å². The van der Waals surface area contributed by atoms with Gasteiger partial charge >= 0.3 is 0 Å². The smallest absolute Gasteiger partial charge is 0.165 e. The maximum Gasteiger partial charge on any atom is 0.165 e. The van der Waals surface area contributed by atoms with Crippen molar-refractivity contribution in [2.45, 2.75) is 39.3 Å². The van der Waals surface area contributed by atoms with Crippen molar-refractivity contribution < 1.29 is 14.2 Å². The van der Waals surface area contributed by atoms with Gasteiger partial charge in [-0.05, 0) is 48.9 Å². The molecule has 4 heteroatoms. The van der Waals surface area contributed by atoms with Crippen molar-refractivity contribution >= 4 is 0 Å². The second-order valence-corrected chi connectivity index (χ2v) is 6.90. The molecule has 0 bridgehead atoms. The van der Waals surface area contributed by atoms with Gasteiger partial charge in [0.15, 0.2) is 11.6 Å². The SMILES string of the molecule is COc1ccc(CN(C)CC2CCC(C)(C)C2O)cc1F. The first kappa shape index (κ1) is 16.2. The highest BCUT2D eigenvalue weighted by Gasteiger charge is 2.40. The lowest BCUT2D eigenvalue weighted by Gasteiger charge is -2.28. The Kier molecular flexibility index (Phi) is 4.89. The molecule has 2 atom stereocenters. The third-order valence-electron chi connectivity index (χ3n) is 4.62. The summed E-state index contributed by atoms with van der Waals surface area (Å²) in [5, 5.41) is 10.3. The van der Waals surface area contributed by atoms with Crippen LogP contribution >= 0.6 is 0 Å². The Bertz CT molecular complexity index is 490. The number of aliphatic hydroxyl groups excluding tert-OH is 1. The van der Waals surface area contributed by atoms with Gasteiger partial charge in [0.05, 0.1) is 13.2 Å². The lowest BCUT2D eigenvalue weighted by Crippen LogP contribution is -2.34. The van der Waals surface area contributed by atoms with Crippen molar-refractivity contribution in [1.82, 2.24) is 4.90 Å². The second-order valence-electron chi connectivity index (χ2n) is 6.90. The van der Waals surface area contributed by atoms with Crippen molar-refractivity contribution in [2.75, 3.05) is 20.7 Å². The third kappa shape index (κ3) is 3.74. The summed E-state index contributed by atoms with van der Waals surface area (Å²) in [5.74, 6) is 0.243. The van der Waals surface area contributed by atoms with Gasteiger partial charge in [-0.1, -0.05) is 19.9 Å². The van der Waals surface area contributed by atoms with Gasteiger partial charge in [-0.15, -0.1) is 0 Å². The molecule has 1 fully saturated rings. The van der Waals surface area contributed by atoms with E-state index in [0.29, 0.717) is 12.5 Å². The summed E-state index contributed by atoms with van der Waals surface area (Å²) < 4.78 is 18.6. The molecule has 1 aliphatic carbocycles. The largest absolute Gasteiger partial charge is 0.494 e. The number of hydrogen-bond acceptors (Lipinski definition) is 3. The maximum absolute atomic E-state index is 13.7. The van der Waals surface area contributed by atoms with Crippen LogP contribution in [-0.2, 0) is 6.54 Å². The topological polar surface area (TPSA) is 32.7 Å². The van der Waals surface area contributed by atoms with Gasteiger partial charge in [0.2, 0.25) is 0 Å². The number of hydrogen-bond donors (Lipinski definition) is 1. The van der Waals surface area contributed by atoms with Crippen LogP contribution in [0.2, 0.25) is 0 Å². The highest BCUT2D eigenvalue weighted by Crippen LogP contribution is 2.41. The van der Waals surface area contributed by atoms with Crippen LogP contribution in [-0.4, -0.2) is 36.8 Å². The first-order chi connectivity index (χ1) is 9.83. The molecule has 21 heavy (non-hydrogen) atoms. The van der Waals surface area contributed by atoms with Crippen LogP contribution in [0.4, 0.5) is 4.39 Å². The molecule has 3 nitrogen and oxygen atoms in total. The summed E-state index contributed by atoms with van der Waals surface area (Å²) >= 11 is 0. The van der Waals surface area contributed by atoms with E-state index >= 15 is 0 Å². The molecule has 0 aliphatic heterocycles. The molecule has 0 amide bonds. The van der Waals surface area contributed by atoms with Crippen LogP contribution in [0.5, 0.6) is 5.75 Å². The fourth-order valence-corrected chi connectivity index (χ4v) is 3.28. The number of aliphatic hydroxyl groups is 1. The molecule has 1 saturated carbocycles. The van der Waals surface area contributed by atoms with Crippen LogP contribution in [0.3, 0.4) is 0 Å².